The predicted octanol–water partition coefficient (Wildman–Crippen LogP) is 2.39. The Hall–Kier alpha value is 0.240. The van der Waals surface area contributed by atoms with Crippen LogP contribution in [0.3, 0.4) is 0 Å². The van der Waals surface area contributed by atoms with Crippen LogP contribution in [-0.4, -0.2) is 3.59 Å². The minimum Gasteiger partial charge on any atom is -0.269 e. The fraction of sp³-hybridized carbons (Fsp3) is 0. The third-order valence-corrected chi connectivity index (χ3v) is 3.07. The van der Waals surface area contributed by atoms with Gasteiger partial charge < -0.3 is 0 Å². The number of rotatable bonds is 0. The summed E-state index contributed by atoms with van der Waals surface area (Å²) in [5.41, 5.74) is 2.67. The van der Waals surface area contributed by atoms with Crippen LogP contribution < -0.4 is 0 Å². The minimum atomic E-state index is 1.16. The van der Waals surface area contributed by atoms with Crippen molar-refractivity contribution in [3.8, 4) is 11.3 Å². The summed E-state index contributed by atoms with van der Waals surface area (Å²) in [5, 5.41) is 0. The van der Waals surface area contributed by atoms with Gasteiger partial charge in [-0.25, -0.2) is 0 Å². The zero-order valence-electron chi connectivity index (χ0n) is 3.28. The maximum absolute atomic E-state index is 3.34. The second-order valence-corrected chi connectivity index (χ2v) is 2.98. The van der Waals surface area contributed by atoms with Gasteiger partial charge in [-0.1, -0.05) is 0 Å². The van der Waals surface area contributed by atoms with Gasteiger partial charge in [0.25, 0.3) is 0 Å². The second kappa shape index (κ2) is 0.977. The van der Waals surface area contributed by atoms with Crippen LogP contribution in [0.2, 0.25) is 0 Å². The van der Waals surface area contributed by atoms with Crippen molar-refractivity contribution in [3.63, 3.8) is 0 Å². The van der Waals surface area contributed by atoms with Gasteiger partial charge in [-0.15, -0.1) is 0 Å². The van der Waals surface area contributed by atoms with Crippen LogP contribution in [-0.2, 0) is 0 Å². The molecule has 0 unspecified atom stereocenters. The maximum atomic E-state index is 3.34. The van der Waals surface area contributed by atoms with E-state index < -0.39 is 0 Å². The van der Waals surface area contributed by atoms with E-state index >= 15 is 0 Å². The molecule has 1 heterocycles. The SMILES string of the molecule is Brc1c2cc-2n1Br. The fourth-order valence-electron chi connectivity index (χ4n) is 0.587. The van der Waals surface area contributed by atoms with E-state index in [1.165, 1.54) is 11.3 Å². The Kier molecular flexibility index (Phi) is 0.580. The van der Waals surface area contributed by atoms with Crippen molar-refractivity contribution < 1.29 is 0 Å². The van der Waals surface area contributed by atoms with Crippen LogP contribution in [0.4, 0.5) is 0 Å². The van der Waals surface area contributed by atoms with Crippen molar-refractivity contribution in [2.24, 2.45) is 0 Å². The van der Waals surface area contributed by atoms with Gasteiger partial charge >= 0.3 is 0 Å². The molecule has 0 amide bonds. The highest BCUT2D eigenvalue weighted by atomic mass is 79.9. The standard InChI is InChI=1S/C4HBr2N/c5-4-2-1-3(2)7(4)6/h1H. The van der Waals surface area contributed by atoms with Crippen molar-refractivity contribution >= 4 is 32.1 Å². The molecule has 1 nitrogen and oxygen atoms in total. The Labute approximate surface area is 57.8 Å². The molecule has 2 rings (SSSR count). The highest BCUT2D eigenvalue weighted by molar-refractivity contribution is 9.12. The first-order valence-electron chi connectivity index (χ1n) is 1.88. The van der Waals surface area contributed by atoms with Crippen molar-refractivity contribution in [1.82, 2.24) is 3.59 Å². The highest BCUT2D eigenvalue weighted by Crippen LogP contribution is 2.47. The molecule has 7 heavy (non-hydrogen) atoms. The van der Waals surface area contributed by atoms with E-state index in [0.29, 0.717) is 0 Å². The molecule has 36 valence electrons. The molecule has 0 atom stereocenters. The fourth-order valence-corrected chi connectivity index (χ4v) is 1.58. The lowest BCUT2D eigenvalue weighted by Crippen LogP contribution is -1.87. The molecule has 2 aliphatic rings. The van der Waals surface area contributed by atoms with E-state index in [-0.39, 0.29) is 0 Å². The van der Waals surface area contributed by atoms with Crippen LogP contribution >= 0.6 is 32.1 Å². The lowest BCUT2D eigenvalue weighted by atomic mass is 10.5. The van der Waals surface area contributed by atoms with E-state index in [4.69, 9.17) is 0 Å². The van der Waals surface area contributed by atoms with Gasteiger partial charge in [0.15, 0.2) is 0 Å². The zero-order chi connectivity index (χ0) is 5.02. The van der Waals surface area contributed by atoms with E-state index in [1.807, 2.05) is 3.59 Å². The number of hydrogen-bond acceptors (Lipinski definition) is 0. The molecule has 0 aromatic rings. The number of aromatic nitrogens is 1. The molecule has 0 radical (unpaired) electrons. The summed E-state index contributed by atoms with van der Waals surface area (Å²) in [6.07, 6.45) is 0. The average molecular weight is 223 g/mol. The maximum Gasteiger partial charge on any atom is 0.105 e. The molecular formula is C4HBr2N. The lowest BCUT2D eigenvalue weighted by Gasteiger charge is -2.02. The van der Waals surface area contributed by atoms with Crippen molar-refractivity contribution in [1.29, 1.82) is 0 Å². The first-order chi connectivity index (χ1) is 3.30. The molecule has 0 aromatic heterocycles. The second-order valence-electron chi connectivity index (χ2n) is 1.51. The number of halogens is 2. The molecule has 3 heteroatoms. The van der Waals surface area contributed by atoms with E-state index in [9.17, 15) is 0 Å². The summed E-state index contributed by atoms with van der Waals surface area (Å²) in [6, 6.07) is 2.11. The Morgan fingerprint density at radius 3 is 2.43 bits per heavy atom. The summed E-state index contributed by atoms with van der Waals surface area (Å²) >= 11 is 6.63. The number of fused-ring (bicyclic) bond motifs is 1. The first kappa shape index (κ1) is 4.15. The molecular weight excluding hydrogens is 222 g/mol. The van der Waals surface area contributed by atoms with Gasteiger partial charge in [-0.3, -0.25) is 3.59 Å². The quantitative estimate of drug-likeness (QED) is 0.645. The van der Waals surface area contributed by atoms with Crippen molar-refractivity contribution in [2.75, 3.05) is 0 Å². The molecule has 0 saturated heterocycles. The zero-order valence-corrected chi connectivity index (χ0v) is 6.45. The van der Waals surface area contributed by atoms with Gasteiger partial charge in [-0.2, -0.15) is 0 Å². The first-order valence-corrected chi connectivity index (χ1v) is 3.38. The monoisotopic (exact) mass is 221 g/mol. The van der Waals surface area contributed by atoms with Gasteiger partial charge in [0.2, 0.25) is 0 Å². The summed E-state index contributed by atoms with van der Waals surface area (Å²) in [7, 11) is 0. The minimum absolute atomic E-state index is 1.16. The van der Waals surface area contributed by atoms with Crippen molar-refractivity contribution in [3.05, 3.63) is 10.7 Å². The third-order valence-electron chi connectivity index (χ3n) is 1.08. The van der Waals surface area contributed by atoms with Crippen LogP contribution in [0, 0.1) is 0 Å². The summed E-state index contributed by atoms with van der Waals surface area (Å²) in [5.74, 6) is 0. The van der Waals surface area contributed by atoms with Crippen LogP contribution in [0.1, 0.15) is 0 Å². The summed E-state index contributed by atoms with van der Waals surface area (Å²) < 4.78 is 3.09. The largest absolute Gasteiger partial charge is 0.269 e. The molecule has 0 spiro atoms. The number of hydrogen-bond donors (Lipinski definition) is 0. The molecule has 0 fully saturated rings. The molecule has 0 bridgehead atoms. The summed E-state index contributed by atoms with van der Waals surface area (Å²) in [6.45, 7) is 0. The highest BCUT2D eigenvalue weighted by Gasteiger charge is 2.26. The van der Waals surface area contributed by atoms with Crippen LogP contribution in [0.5, 0.6) is 0 Å². The van der Waals surface area contributed by atoms with E-state index in [1.54, 1.807) is 0 Å². The number of nitrogens with zero attached hydrogens (tertiary/aromatic N) is 1. The third kappa shape index (κ3) is 0.337. The van der Waals surface area contributed by atoms with Gasteiger partial charge in [0.1, 0.15) is 4.60 Å². The Morgan fingerprint density at radius 2 is 2.29 bits per heavy atom. The molecule has 0 N–H and O–H groups in total. The lowest BCUT2D eigenvalue weighted by molar-refractivity contribution is 1.23. The average Bonchev–Trinajstić information content (AvgIpc) is 2.39. The predicted molar refractivity (Wildman–Crippen MR) is 35.5 cm³/mol. The van der Waals surface area contributed by atoms with Crippen LogP contribution in [0.15, 0.2) is 10.7 Å². The Morgan fingerprint density at radius 1 is 1.57 bits per heavy atom. The molecule has 1 aliphatic heterocycles. The van der Waals surface area contributed by atoms with Gasteiger partial charge in [0, 0.05) is 5.56 Å². The molecule has 1 aliphatic carbocycles. The summed E-state index contributed by atoms with van der Waals surface area (Å²) in [4.78, 5) is 0. The van der Waals surface area contributed by atoms with Gasteiger partial charge in [-0.05, 0) is 22.0 Å². The smallest absolute Gasteiger partial charge is 0.105 e. The Bertz CT molecular complexity index is 203. The van der Waals surface area contributed by atoms with E-state index in [0.717, 1.165) is 4.60 Å². The Balaban J connectivity index is 2.75. The molecule has 0 aromatic carbocycles. The van der Waals surface area contributed by atoms with Gasteiger partial charge in [0.05, 0.1) is 21.8 Å². The topological polar surface area (TPSA) is 4.93 Å². The van der Waals surface area contributed by atoms with E-state index in [2.05, 4.69) is 38.1 Å². The van der Waals surface area contributed by atoms with Crippen LogP contribution in [0.25, 0.3) is 11.3 Å². The van der Waals surface area contributed by atoms with Crippen molar-refractivity contribution in [2.45, 2.75) is 0 Å². The normalized spacial score (nSPS) is 12.3. The molecule has 0 saturated carbocycles.